The van der Waals surface area contributed by atoms with Crippen molar-refractivity contribution >= 4 is 39.6 Å². The molecule has 3 nitrogen and oxygen atoms in total. The number of hydrogen-bond donors (Lipinski definition) is 0. The fourth-order valence-electron chi connectivity index (χ4n) is 3.22. The number of aryl methyl sites for hydroxylation is 3. The number of hydrogen-bond acceptors (Lipinski definition) is 3. The van der Waals surface area contributed by atoms with Crippen molar-refractivity contribution in [3.63, 3.8) is 0 Å². The number of benzene rings is 1. The van der Waals surface area contributed by atoms with Crippen LogP contribution < -0.4 is 4.40 Å². The van der Waals surface area contributed by atoms with Crippen molar-refractivity contribution in [3.8, 4) is 11.3 Å². The molecule has 0 bridgehead atoms. The van der Waals surface area contributed by atoms with Crippen molar-refractivity contribution in [3.05, 3.63) is 53.5 Å². The minimum atomic E-state index is -2.69. The van der Waals surface area contributed by atoms with Gasteiger partial charge in [-0.1, -0.05) is 0 Å². The summed E-state index contributed by atoms with van der Waals surface area (Å²) in [5.41, 5.74) is 0.870. The monoisotopic (exact) mass is 415 g/mol. The van der Waals surface area contributed by atoms with Gasteiger partial charge >= 0.3 is 169 Å². The maximum absolute atomic E-state index is 7.92. The third kappa shape index (κ3) is 2.75. The van der Waals surface area contributed by atoms with Gasteiger partial charge in [-0.25, -0.2) is 0 Å². The molecule has 0 N–H and O–H groups in total. The van der Waals surface area contributed by atoms with Crippen molar-refractivity contribution in [1.82, 2.24) is 9.97 Å². The molecule has 4 heteroatoms. The van der Waals surface area contributed by atoms with Crippen molar-refractivity contribution < 1.29 is 16.8 Å². The average molecular weight is 414 g/mol. The first-order valence-electron chi connectivity index (χ1n) is 12.8. The van der Waals surface area contributed by atoms with E-state index in [1.807, 2.05) is 0 Å². The second kappa shape index (κ2) is 5.95. The molecule has 3 heterocycles. The van der Waals surface area contributed by atoms with Gasteiger partial charge in [-0.2, -0.15) is 0 Å². The molecule has 4 aromatic rings. The van der Waals surface area contributed by atoms with E-state index >= 15 is 0 Å². The number of furan rings is 1. The number of fused-ring (bicyclic) bond motifs is 3. The molecule has 132 valence electrons. The Morgan fingerprint density at radius 2 is 1.88 bits per heavy atom. The van der Waals surface area contributed by atoms with Gasteiger partial charge in [0.25, 0.3) is 0 Å². The van der Waals surface area contributed by atoms with Crippen LogP contribution in [0.2, 0.25) is 17.3 Å². The van der Waals surface area contributed by atoms with E-state index in [4.69, 9.17) is 16.8 Å². The number of aromatic nitrogens is 2. The fraction of sp³-hybridized carbons (Fsp3) is 0.273. The molecule has 0 atom stereocenters. The van der Waals surface area contributed by atoms with Crippen LogP contribution in [0.3, 0.4) is 0 Å². The van der Waals surface area contributed by atoms with Gasteiger partial charge in [-0.3, -0.25) is 0 Å². The van der Waals surface area contributed by atoms with Crippen LogP contribution in [0.5, 0.6) is 0 Å². The third-order valence-electron chi connectivity index (χ3n) is 4.47. The minimum absolute atomic E-state index is 0.00624. The van der Waals surface area contributed by atoms with Crippen LogP contribution in [0.15, 0.2) is 40.9 Å². The Balaban J connectivity index is 2.06. The summed E-state index contributed by atoms with van der Waals surface area (Å²) in [6.45, 7) is -7.59. The SMILES string of the molecule is [2H]C([2H])([2H])c1cc2c(oc3c(-c4c[c]([Ge]([CH3])([CH3])[CH3])c(C([2H])([2H])[2H])cn4)cccc32)c(C([2H])([2H])[2H])n1. The number of para-hydroxylation sites is 1. The number of nitrogens with zero attached hydrogens (tertiary/aromatic N) is 2. The zero-order valence-electron chi connectivity index (χ0n) is 23.8. The molecule has 0 spiro atoms. The summed E-state index contributed by atoms with van der Waals surface area (Å²) in [4.78, 5) is 8.37. The molecule has 4 rings (SSSR count). The molecule has 0 unspecified atom stereocenters. The summed E-state index contributed by atoms with van der Waals surface area (Å²) in [6.07, 6.45) is 1.39. The first-order valence-corrected chi connectivity index (χ1v) is 15.6. The molecule has 0 amide bonds. The third-order valence-corrected chi connectivity index (χ3v) is 8.73. The Morgan fingerprint density at radius 3 is 2.62 bits per heavy atom. The summed E-state index contributed by atoms with van der Waals surface area (Å²) < 4.78 is 77.5. The molecule has 1 aromatic carbocycles. The molecule has 0 aliphatic carbocycles. The molecule has 26 heavy (non-hydrogen) atoms. The fourth-order valence-corrected chi connectivity index (χ4v) is 6.25. The standard InChI is InChI=1S/C22H24GeN2O/c1-13-12-24-20(11-19(13)23(4,5)6)17-9-7-8-16-18-10-14(2)25-15(3)21(18)26-22(16)17/h7-12H,1-6H3/i1D3,2D3,3D3. The Morgan fingerprint density at radius 1 is 1.00 bits per heavy atom. The second-order valence-electron chi connectivity index (χ2n) is 7.38. The second-order valence-corrected chi connectivity index (χ2v) is 18.0. The van der Waals surface area contributed by atoms with Crippen LogP contribution in [0, 0.1) is 20.6 Å². The van der Waals surface area contributed by atoms with Crippen LogP contribution >= 0.6 is 0 Å². The zero-order chi connectivity index (χ0) is 26.1. The predicted molar refractivity (Wildman–Crippen MR) is 112 cm³/mol. The van der Waals surface area contributed by atoms with Crippen molar-refractivity contribution in [1.29, 1.82) is 0 Å². The summed E-state index contributed by atoms with van der Waals surface area (Å²) in [5.74, 6) is 6.29. The summed E-state index contributed by atoms with van der Waals surface area (Å²) in [6, 6.07) is 8.36. The van der Waals surface area contributed by atoms with E-state index in [0.29, 0.717) is 27.6 Å². The molecule has 0 saturated carbocycles. The number of pyridine rings is 2. The van der Waals surface area contributed by atoms with E-state index in [-0.39, 0.29) is 16.8 Å². The Kier molecular flexibility index (Phi) is 2.22. The summed E-state index contributed by atoms with van der Waals surface area (Å²) in [5, 5.41) is 0.860. The molecule has 3 aromatic heterocycles. The quantitative estimate of drug-likeness (QED) is 0.406. The van der Waals surface area contributed by atoms with E-state index in [1.165, 1.54) is 12.3 Å². The first-order chi connectivity index (χ1) is 15.9. The van der Waals surface area contributed by atoms with Gasteiger partial charge < -0.3 is 0 Å². The van der Waals surface area contributed by atoms with Crippen LogP contribution in [0.25, 0.3) is 33.2 Å². The Labute approximate surface area is 169 Å². The van der Waals surface area contributed by atoms with Crippen molar-refractivity contribution in [2.24, 2.45) is 0 Å². The normalized spacial score (nSPS) is 18.8. The van der Waals surface area contributed by atoms with Crippen molar-refractivity contribution in [2.75, 3.05) is 0 Å². The number of rotatable bonds is 2. The van der Waals surface area contributed by atoms with E-state index in [1.54, 1.807) is 24.3 Å². The van der Waals surface area contributed by atoms with E-state index < -0.39 is 39.5 Å². The topological polar surface area (TPSA) is 38.9 Å². The molecular formula is C22H24GeN2O. The predicted octanol–water partition coefficient (Wildman–Crippen LogP) is 5.51. The van der Waals surface area contributed by atoms with E-state index in [2.05, 4.69) is 27.2 Å². The Hall–Kier alpha value is -2.14. The van der Waals surface area contributed by atoms with E-state index in [0.717, 1.165) is 4.40 Å². The summed E-state index contributed by atoms with van der Waals surface area (Å²) >= 11 is -2.65. The molecule has 0 aliphatic rings. The Bertz CT molecular complexity index is 1440. The van der Waals surface area contributed by atoms with Crippen LogP contribution in [-0.4, -0.2) is 23.2 Å². The average Bonchev–Trinajstić information content (AvgIpc) is 3.08. The van der Waals surface area contributed by atoms with Gasteiger partial charge in [0.05, 0.1) is 0 Å². The van der Waals surface area contributed by atoms with Gasteiger partial charge in [0.15, 0.2) is 0 Å². The van der Waals surface area contributed by atoms with E-state index in [9.17, 15) is 0 Å². The molecular weight excluding hydrogens is 381 g/mol. The van der Waals surface area contributed by atoms with Crippen LogP contribution in [0.1, 0.15) is 29.3 Å². The van der Waals surface area contributed by atoms with Crippen LogP contribution in [0.4, 0.5) is 0 Å². The van der Waals surface area contributed by atoms with Gasteiger partial charge in [-0.15, -0.1) is 0 Å². The van der Waals surface area contributed by atoms with Gasteiger partial charge in [0.2, 0.25) is 0 Å². The first kappa shape index (κ1) is 9.70. The van der Waals surface area contributed by atoms with Gasteiger partial charge in [0, 0.05) is 0 Å². The maximum atomic E-state index is 7.92. The molecule has 0 saturated heterocycles. The summed E-state index contributed by atoms with van der Waals surface area (Å²) in [7, 11) is 0. The van der Waals surface area contributed by atoms with Gasteiger partial charge in [0.1, 0.15) is 0 Å². The van der Waals surface area contributed by atoms with Crippen LogP contribution in [-0.2, 0) is 0 Å². The zero-order valence-corrected chi connectivity index (χ0v) is 16.9. The van der Waals surface area contributed by atoms with Crippen molar-refractivity contribution in [2.45, 2.75) is 37.8 Å². The molecule has 0 fully saturated rings. The molecule has 0 radical (unpaired) electrons. The molecule has 0 aliphatic heterocycles. The van der Waals surface area contributed by atoms with Gasteiger partial charge in [-0.05, 0) is 0 Å².